The molecule has 160 valence electrons. The van der Waals surface area contributed by atoms with Gasteiger partial charge in [-0.05, 0) is 30.3 Å². The van der Waals surface area contributed by atoms with E-state index in [0.29, 0.717) is 54.7 Å². The van der Waals surface area contributed by atoms with Crippen LogP contribution < -0.4 is 15.2 Å². The number of nitrogens with one attached hydrogen (secondary N) is 2. The molecule has 2 N–H and O–H groups in total. The van der Waals surface area contributed by atoms with E-state index in [-0.39, 0.29) is 11.8 Å². The molecular formula is C22H24ClN6O2+. The maximum Gasteiger partial charge on any atom is 0.274 e. The summed E-state index contributed by atoms with van der Waals surface area (Å²) < 4.78 is 1.56. The van der Waals surface area contributed by atoms with Crippen LogP contribution in [0.15, 0.2) is 54.9 Å². The molecular weight excluding hydrogens is 416 g/mol. The predicted molar refractivity (Wildman–Crippen MR) is 119 cm³/mol. The number of carbonyl (C=O) groups is 2. The normalized spacial score (nSPS) is 13.9. The van der Waals surface area contributed by atoms with Gasteiger partial charge in [-0.2, -0.15) is 5.10 Å². The number of anilines is 2. The van der Waals surface area contributed by atoms with E-state index in [1.54, 1.807) is 40.8 Å². The Balaban J connectivity index is 1.56. The van der Waals surface area contributed by atoms with E-state index in [4.69, 9.17) is 11.6 Å². The molecule has 2 aromatic heterocycles. The van der Waals surface area contributed by atoms with Crippen molar-refractivity contribution in [3.8, 4) is 5.69 Å². The Labute approximate surface area is 185 Å². The first-order valence-corrected chi connectivity index (χ1v) is 10.6. The smallest absolute Gasteiger partial charge is 0.274 e. The number of benzene rings is 1. The summed E-state index contributed by atoms with van der Waals surface area (Å²) in [6, 6.07) is 13.0. The largest absolute Gasteiger partial charge is 0.331 e. The van der Waals surface area contributed by atoms with E-state index < -0.39 is 0 Å². The van der Waals surface area contributed by atoms with Crippen LogP contribution in [0.2, 0.25) is 5.02 Å². The van der Waals surface area contributed by atoms with Crippen LogP contribution in [0.5, 0.6) is 0 Å². The van der Waals surface area contributed by atoms with Gasteiger partial charge in [0.25, 0.3) is 11.7 Å². The van der Waals surface area contributed by atoms with Crippen molar-refractivity contribution in [1.82, 2.24) is 14.7 Å². The Bertz CT molecular complexity index is 1060. The first-order chi connectivity index (χ1) is 15.1. The van der Waals surface area contributed by atoms with Crippen LogP contribution in [0.3, 0.4) is 0 Å². The van der Waals surface area contributed by atoms with Gasteiger partial charge in [-0.1, -0.05) is 24.6 Å². The molecule has 0 saturated carbocycles. The molecule has 0 bridgehead atoms. The third-order valence-corrected chi connectivity index (χ3v) is 5.50. The first kappa shape index (κ1) is 20.9. The number of hydrogen-bond acceptors (Lipinski definition) is 4. The monoisotopic (exact) mass is 439 g/mol. The number of amides is 2. The Hall–Kier alpha value is -3.39. The summed E-state index contributed by atoms with van der Waals surface area (Å²) in [5, 5.41) is 7.82. The van der Waals surface area contributed by atoms with Crippen molar-refractivity contribution in [2.24, 2.45) is 0 Å². The third kappa shape index (κ3) is 4.54. The van der Waals surface area contributed by atoms with Crippen LogP contribution in [-0.2, 0) is 4.79 Å². The van der Waals surface area contributed by atoms with Crippen LogP contribution in [0.4, 0.5) is 11.6 Å². The van der Waals surface area contributed by atoms with Gasteiger partial charge in [-0.15, -0.1) is 0 Å². The molecule has 31 heavy (non-hydrogen) atoms. The number of aromatic nitrogens is 3. The lowest BCUT2D eigenvalue weighted by Crippen LogP contribution is -2.50. The molecule has 3 heterocycles. The zero-order valence-electron chi connectivity index (χ0n) is 17.2. The summed E-state index contributed by atoms with van der Waals surface area (Å²) in [5.74, 6) is 1.07. The van der Waals surface area contributed by atoms with E-state index in [0.717, 1.165) is 5.82 Å². The highest BCUT2D eigenvalue weighted by Crippen LogP contribution is 2.24. The fourth-order valence-electron chi connectivity index (χ4n) is 3.53. The molecule has 8 nitrogen and oxygen atoms in total. The van der Waals surface area contributed by atoms with Gasteiger partial charge in [0.15, 0.2) is 0 Å². The zero-order chi connectivity index (χ0) is 21.8. The van der Waals surface area contributed by atoms with E-state index >= 15 is 0 Å². The fraction of sp³-hybridized carbons (Fsp3) is 0.273. The molecule has 1 aliphatic heterocycles. The number of pyridine rings is 1. The first-order valence-electron chi connectivity index (χ1n) is 10.2. The summed E-state index contributed by atoms with van der Waals surface area (Å²) in [4.78, 5) is 32.7. The van der Waals surface area contributed by atoms with Crippen LogP contribution in [0, 0.1) is 0 Å². The minimum Gasteiger partial charge on any atom is -0.331 e. The predicted octanol–water partition coefficient (Wildman–Crippen LogP) is 2.65. The standard InChI is InChI=1S/C22H23ClN6O2/c1-2-20(30)26-21-18(15-25-29(21)17-8-6-16(23)7-9-17)22(31)28-13-11-27(12-14-28)19-5-3-4-10-24-19/h3-10,15H,2,11-14H2,1H3,(H,26,30)/p+1. The van der Waals surface area contributed by atoms with Gasteiger partial charge in [0.05, 0.1) is 31.2 Å². The number of nitrogens with zero attached hydrogens (tertiary/aromatic N) is 4. The van der Waals surface area contributed by atoms with E-state index in [2.05, 4.69) is 20.3 Å². The second-order valence-corrected chi connectivity index (χ2v) is 7.66. The van der Waals surface area contributed by atoms with Crippen molar-refractivity contribution in [1.29, 1.82) is 0 Å². The van der Waals surface area contributed by atoms with Crippen LogP contribution in [0.25, 0.3) is 5.69 Å². The van der Waals surface area contributed by atoms with Crippen molar-refractivity contribution in [2.45, 2.75) is 13.3 Å². The summed E-state index contributed by atoms with van der Waals surface area (Å²) in [6.07, 6.45) is 3.70. The minimum absolute atomic E-state index is 0.150. The molecule has 4 rings (SSSR count). The number of piperazine rings is 1. The van der Waals surface area contributed by atoms with E-state index in [1.165, 1.54) is 6.20 Å². The molecule has 1 saturated heterocycles. The molecule has 3 aromatic rings. The lowest BCUT2D eigenvalue weighted by atomic mass is 10.2. The molecule has 2 amide bonds. The van der Waals surface area contributed by atoms with Gasteiger partial charge < -0.3 is 10.2 Å². The van der Waals surface area contributed by atoms with Gasteiger partial charge in [0.1, 0.15) is 24.5 Å². The molecule has 9 heteroatoms. The average Bonchev–Trinajstić information content (AvgIpc) is 3.23. The number of H-pyrrole nitrogens is 1. The molecule has 0 radical (unpaired) electrons. The minimum atomic E-state index is -0.186. The average molecular weight is 440 g/mol. The number of rotatable bonds is 5. The molecule has 0 unspecified atom stereocenters. The Morgan fingerprint density at radius 1 is 1.10 bits per heavy atom. The van der Waals surface area contributed by atoms with Crippen molar-refractivity contribution in [3.05, 3.63) is 65.4 Å². The second-order valence-electron chi connectivity index (χ2n) is 7.22. The van der Waals surface area contributed by atoms with Crippen molar-refractivity contribution in [2.75, 3.05) is 36.4 Å². The van der Waals surface area contributed by atoms with Crippen LogP contribution in [0.1, 0.15) is 23.7 Å². The molecule has 1 fully saturated rings. The lowest BCUT2D eigenvalue weighted by Gasteiger charge is -2.31. The second kappa shape index (κ2) is 9.18. The SMILES string of the molecule is CCC(=O)Nc1c(C(=O)N2CCN(c3cccc[nH+]3)CC2)cnn1-c1ccc(Cl)cc1. The molecule has 1 aromatic carbocycles. The highest BCUT2D eigenvalue weighted by atomic mass is 35.5. The van der Waals surface area contributed by atoms with Crippen LogP contribution >= 0.6 is 11.6 Å². The van der Waals surface area contributed by atoms with Gasteiger partial charge in [-0.25, -0.2) is 9.67 Å². The van der Waals surface area contributed by atoms with Crippen molar-refractivity contribution >= 4 is 35.1 Å². The summed E-state index contributed by atoms with van der Waals surface area (Å²) >= 11 is 5.99. The molecule has 0 spiro atoms. The Morgan fingerprint density at radius 3 is 2.48 bits per heavy atom. The molecule has 0 aliphatic carbocycles. The maximum atomic E-state index is 13.3. The molecule has 1 aliphatic rings. The quantitative estimate of drug-likeness (QED) is 0.662. The number of halogens is 1. The van der Waals surface area contributed by atoms with E-state index in [9.17, 15) is 9.59 Å². The maximum absolute atomic E-state index is 13.3. The van der Waals surface area contributed by atoms with Gasteiger partial charge >= 0.3 is 0 Å². The number of aromatic amines is 1. The number of hydrogen-bond donors (Lipinski definition) is 1. The lowest BCUT2D eigenvalue weighted by molar-refractivity contribution is -0.364. The van der Waals surface area contributed by atoms with Crippen molar-refractivity contribution < 1.29 is 14.6 Å². The highest BCUT2D eigenvalue weighted by molar-refractivity contribution is 6.30. The highest BCUT2D eigenvalue weighted by Gasteiger charge is 2.30. The van der Waals surface area contributed by atoms with Gasteiger partial charge in [0, 0.05) is 17.5 Å². The van der Waals surface area contributed by atoms with E-state index in [1.807, 2.05) is 24.4 Å². The Morgan fingerprint density at radius 2 is 1.84 bits per heavy atom. The van der Waals surface area contributed by atoms with Crippen LogP contribution in [-0.4, -0.2) is 52.7 Å². The number of carbonyl (C=O) groups excluding carboxylic acids is 2. The third-order valence-electron chi connectivity index (χ3n) is 5.25. The topological polar surface area (TPSA) is 84.6 Å². The summed E-state index contributed by atoms with van der Waals surface area (Å²) in [6.45, 7) is 4.35. The summed E-state index contributed by atoms with van der Waals surface area (Å²) in [7, 11) is 0. The Kier molecular flexibility index (Phi) is 6.18. The molecule has 0 atom stereocenters. The fourth-order valence-corrected chi connectivity index (χ4v) is 3.65. The summed E-state index contributed by atoms with van der Waals surface area (Å²) in [5.41, 5.74) is 1.08. The van der Waals surface area contributed by atoms with Gasteiger partial charge in [0.2, 0.25) is 5.91 Å². The van der Waals surface area contributed by atoms with Gasteiger partial charge in [-0.3, -0.25) is 14.5 Å². The van der Waals surface area contributed by atoms with Crippen molar-refractivity contribution in [3.63, 3.8) is 0 Å². The zero-order valence-corrected chi connectivity index (χ0v) is 18.0.